The number of aliphatic hydroxyl groups is 2. The van der Waals surface area contributed by atoms with E-state index in [-0.39, 0.29) is 25.5 Å². The van der Waals surface area contributed by atoms with E-state index in [0.29, 0.717) is 25.7 Å². The zero-order valence-corrected chi connectivity index (χ0v) is 55.7. The number of unbranched alkanes of at least 4 members (excludes halogenated alkanes) is 37. The van der Waals surface area contributed by atoms with Gasteiger partial charge in [0.2, 0.25) is 5.91 Å². The maximum atomic E-state index is 14.0. The maximum Gasteiger partial charge on any atom is 0.470 e. The average molecular weight is 1250 g/mol. The molecule has 2 aliphatic heterocycles. The molecule has 2 unspecified atom stereocenters. The van der Waals surface area contributed by atoms with Crippen molar-refractivity contribution in [2.75, 3.05) is 39.6 Å². The van der Waals surface area contributed by atoms with Crippen molar-refractivity contribution in [2.24, 2.45) is 0 Å². The van der Waals surface area contributed by atoms with E-state index in [0.717, 1.165) is 128 Å². The average Bonchev–Trinajstić information content (AvgIpc) is 1.78. The minimum Gasteiger partial charge on any atom is -0.480 e. The molecule has 1 amide bonds. The Morgan fingerprint density at radius 1 is 0.488 bits per heavy atom. The molecule has 0 aliphatic carbocycles. The van der Waals surface area contributed by atoms with Gasteiger partial charge in [-0.3, -0.25) is 9.32 Å². The third kappa shape index (κ3) is 41.0. The highest BCUT2D eigenvalue weighted by molar-refractivity contribution is 7.46. The molecule has 2 rings (SSSR count). The molecular weight excluding hydrogens is 1120 g/mol. The van der Waals surface area contributed by atoms with Gasteiger partial charge in [-0.15, -0.1) is 0 Å². The Balaban J connectivity index is 2.34. The van der Waals surface area contributed by atoms with Gasteiger partial charge in [-0.05, 0) is 51.4 Å². The number of hydrogen-bond acceptors (Lipinski definition) is 13. The number of amides is 1. The van der Waals surface area contributed by atoms with Crippen molar-refractivity contribution in [1.29, 1.82) is 0 Å². The maximum absolute atomic E-state index is 14.0. The lowest BCUT2D eigenvalue weighted by molar-refractivity contribution is -0.330. The number of aliphatic carboxylic acids is 1. The fourth-order valence-electron chi connectivity index (χ4n) is 11.6. The number of phosphoric acid groups is 1. The van der Waals surface area contributed by atoms with Crippen LogP contribution < -0.4 is 5.32 Å². The van der Waals surface area contributed by atoms with E-state index < -0.39 is 102 Å². The number of carboxylic acid groups (broad SMARTS) is 1. The molecule has 17 nitrogen and oxygen atoms in total. The highest BCUT2D eigenvalue weighted by Crippen LogP contribution is 2.42. The van der Waals surface area contributed by atoms with Crippen LogP contribution in [0.1, 0.15) is 312 Å². The third-order valence-corrected chi connectivity index (χ3v) is 17.3. The number of carbonyl (C=O) groups is 2. The molecule has 0 aromatic carbocycles. The first-order valence-corrected chi connectivity index (χ1v) is 36.9. The Morgan fingerprint density at radius 2 is 0.895 bits per heavy atom. The molecule has 0 radical (unpaired) electrons. The summed E-state index contributed by atoms with van der Waals surface area (Å²) in [6.45, 7) is 6.22. The molecule has 2 heterocycles. The minimum atomic E-state index is -5.22. The van der Waals surface area contributed by atoms with Crippen molar-refractivity contribution < 1.29 is 78.3 Å². The lowest BCUT2D eigenvalue weighted by Crippen LogP contribution is -2.66. The van der Waals surface area contributed by atoms with E-state index in [1.54, 1.807) is 0 Å². The lowest BCUT2D eigenvalue weighted by atomic mass is 9.95. The molecule has 0 aromatic rings. The fraction of sp³-hybridized carbons (Fsp3) is 0.941. The second-order valence-corrected chi connectivity index (χ2v) is 25.9. The Labute approximate surface area is 524 Å². The highest BCUT2D eigenvalue weighted by atomic mass is 31.2. The Morgan fingerprint density at radius 3 is 1.35 bits per heavy atom. The van der Waals surface area contributed by atoms with Crippen LogP contribution in [0.25, 0.3) is 0 Å². The molecule has 6 N–H and O–H groups in total. The van der Waals surface area contributed by atoms with Crippen molar-refractivity contribution in [2.45, 2.75) is 372 Å². The van der Waals surface area contributed by atoms with Gasteiger partial charge in [0, 0.05) is 26.2 Å². The quantitative estimate of drug-likeness (QED) is 0.0189. The van der Waals surface area contributed by atoms with Gasteiger partial charge in [-0.25, -0.2) is 9.36 Å². The van der Waals surface area contributed by atoms with Crippen LogP contribution in [0.15, 0.2) is 12.2 Å². The number of phosphoric ester groups is 1. The molecule has 2 aliphatic rings. The molecule has 0 aromatic heterocycles. The summed E-state index contributed by atoms with van der Waals surface area (Å²) in [5.74, 6) is -1.63. The lowest BCUT2D eigenvalue weighted by Gasteiger charge is -2.47. The van der Waals surface area contributed by atoms with E-state index in [4.69, 9.17) is 39.1 Å². The number of allylic oxidation sites excluding steroid dienone is 2. The van der Waals surface area contributed by atoms with E-state index >= 15 is 0 Å². The molecule has 0 spiro atoms. The minimum absolute atomic E-state index is 0.146. The van der Waals surface area contributed by atoms with Crippen LogP contribution in [-0.2, 0) is 51.8 Å². The van der Waals surface area contributed by atoms with Gasteiger partial charge in [0.15, 0.2) is 12.6 Å². The van der Waals surface area contributed by atoms with Crippen molar-refractivity contribution in [1.82, 2.24) is 5.32 Å². The first kappa shape index (κ1) is 78.7. The molecule has 86 heavy (non-hydrogen) atoms. The van der Waals surface area contributed by atoms with Gasteiger partial charge in [0.1, 0.15) is 55.4 Å². The zero-order valence-electron chi connectivity index (χ0n) is 55.8. The number of carboxylic acids is 1. The van der Waals surface area contributed by atoms with Gasteiger partial charge in [-0.2, -0.15) is 0 Å². The standard InChI is InChI=1S/C68H130NO16P/c1-5-9-13-17-21-25-28-30-31-32-33-35-38-42-46-50-59(71)69-61-64(78-51-47-43-39-24-20-16-12-8-4)63(85-86(75,76)77)57(54-70)83-67(61)81-55-58-62(74)65(79-52-48-44-40-36-27-23-19-15-11-7-3)66(68(84-58)82-56-60(72)73)80-53-49-45-41-37-34-29-26-22-18-14-10-6-2/h25,28,57-58,61-68,70,74H,5-24,26-27,29-56H2,1-4H3,(H,69,71)(H,72,73)(H2,75,76,77)/b28-25-/t57-,58-,61-,62-,63-,64-,65+,66-,67-,68?/m1/s1/i53D/t53?,57-,58-,61-,62-,63-,64-,65+,66-,67-,68?. The summed E-state index contributed by atoms with van der Waals surface area (Å²) in [6.07, 6.45) is 39.2. The van der Waals surface area contributed by atoms with Crippen LogP contribution in [-0.4, -0.2) is 138 Å². The van der Waals surface area contributed by atoms with Gasteiger partial charge in [0.25, 0.3) is 0 Å². The molecule has 0 saturated carbocycles. The molecule has 2 saturated heterocycles. The van der Waals surface area contributed by atoms with E-state index in [1.165, 1.54) is 122 Å². The summed E-state index contributed by atoms with van der Waals surface area (Å²) < 4.78 is 71.2. The van der Waals surface area contributed by atoms with Gasteiger partial charge < -0.3 is 63.6 Å². The number of rotatable bonds is 61. The summed E-state index contributed by atoms with van der Waals surface area (Å²) in [5.41, 5.74) is 0. The number of nitrogens with one attached hydrogen (secondary N) is 1. The van der Waals surface area contributed by atoms with Crippen LogP contribution in [0.3, 0.4) is 0 Å². The number of hydrogen-bond donors (Lipinski definition) is 6. The second-order valence-electron chi connectivity index (χ2n) is 24.7. The normalized spacial score (nSPS) is 23.3. The van der Waals surface area contributed by atoms with E-state index in [9.17, 15) is 39.3 Å². The van der Waals surface area contributed by atoms with E-state index in [1.807, 2.05) is 0 Å². The monoisotopic (exact) mass is 1250 g/mol. The van der Waals surface area contributed by atoms with Crippen molar-refractivity contribution >= 4 is 19.7 Å². The number of aliphatic hydroxyl groups excluding tert-OH is 2. The smallest absolute Gasteiger partial charge is 0.470 e. The topological polar surface area (TPSA) is 238 Å². The Kier molecular flexibility index (Phi) is 50.4. The fourth-order valence-corrected chi connectivity index (χ4v) is 12.2. The highest BCUT2D eigenvalue weighted by Gasteiger charge is 2.52. The summed E-state index contributed by atoms with van der Waals surface area (Å²) in [4.78, 5) is 46.4. The molecule has 0 bridgehead atoms. The van der Waals surface area contributed by atoms with E-state index in [2.05, 4.69) is 45.2 Å². The molecule has 508 valence electrons. The summed E-state index contributed by atoms with van der Waals surface area (Å²) in [6, 6.07) is -1.23. The van der Waals surface area contributed by atoms with Gasteiger partial charge in [0.05, 0.1) is 14.6 Å². The first-order chi connectivity index (χ1) is 42.3. The third-order valence-electron chi connectivity index (χ3n) is 16.8. The van der Waals surface area contributed by atoms with Crippen LogP contribution in [0.2, 0.25) is 0 Å². The molecule has 11 atom stereocenters. The predicted molar refractivity (Wildman–Crippen MR) is 343 cm³/mol. The largest absolute Gasteiger partial charge is 0.480 e. The summed E-state index contributed by atoms with van der Waals surface area (Å²) in [5, 5.41) is 35.8. The Bertz CT molecular complexity index is 1680. The summed E-state index contributed by atoms with van der Waals surface area (Å²) >= 11 is 0. The Hall–Kier alpha value is -1.57. The zero-order chi connectivity index (χ0) is 63.4. The van der Waals surface area contributed by atoms with Crippen LogP contribution in [0.5, 0.6) is 0 Å². The van der Waals surface area contributed by atoms with Gasteiger partial charge >= 0.3 is 13.8 Å². The predicted octanol–water partition coefficient (Wildman–Crippen LogP) is 15.8. The molecular formula is C68H130NO16P. The summed E-state index contributed by atoms with van der Waals surface area (Å²) in [7, 11) is -5.22. The number of ether oxygens (including phenoxy) is 7. The van der Waals surface area contributed by atoms with Gasteiger partial charge in [-0.1, -0.05) is 265 Å². The van der Waals surface area contributed by atoms with Crippen molar-refractivity contribution in [3.05, 3.63) is 12.2 Å². The van der Waals surface area contributed by atoms with Crippen molar-refractivity contribution in [3.8, 4) is 0 Å². The van der Waals surface area contributed by atoms with Crippen LogP contribution >= 0.6 is 7.82 Å². The molecule has 2 fully saturated rings. The van der Waals surface area contributed by atoms with Crippen LogP contribution in [0, 0.1) is 0 Å². The first-order valence-electron chi connectivity index (χ1n) is 35.9. The van der Waals surface area contributed by atoms with Crippen molar-refractivity contribution in [3.63, 3.8) is 0 Å². The second kappa shape index (κ2) is 55.1. The van der Waals surface area contributed by atoms with Crippen LogP contribution in [0.4, 0.5) is 0 Å². The SMILES string of the molecule is [2H]C(CCCCCCCCCCCCC)O[C@H]1C(OCC(=O)O)O[C@H](CO[C@@H]2O[C@H](CO)[C@@H](OP(=O)(O)O)[C@H](OCCCCCCCCCC)[C@H]2NC(=O)CCCCCCCCC/C=C\CCCCCC)[C@@H](O)[C@@H]1OCCCCCCCCCCCC. The molecule has 18 heteroatoms. The number of carbonyl (C=O) groups excluding carboxylic acids is 1.